The molecule has 0 aliphatic rings. The zero-order chi connectivity index (χ0) is 12.3. The summed E-state index contributed by atoms with van der Waals surface area (Å²) in [5, 5.41) is 0.601. The number of pyridine rings is 1. The lowest BCUT2D eigenvalue weighted by molar-refractivity contribution is 1.24. The molecule has 0 bridgehead atoms. The SMILES string of the molecule is Cc1ccc(SCc2cccnc2Cl)cc1C. The molecular formula is C14H14ClNS. The Morgan fingerprint density at radius 1 is 1.18 bits per heavy atom. The van der Waals surface area contributed by atoms with Gasteiger partial charge < -0.3 is 0 Å². The van der Waals surface area contributed by atoms with Crippen molar-refractivity contribution in [2.45, 2.75) is 24.5 Å². The quantitative estimate of drug-likeness (QED) is 0.591. The topological polar surface area (TPSA) is 12.9 Å². The summed E-state index contributed by atoms with van der Waals surface area (Å²) in [6, 6.07) is 10.5. The zero-order valence-electron chi connectivity index (χ0n) is 9.90. The molecule has 1 aromatic carbocycles. The van der Waals surface area contributed by atoms with Gasteiger partial charge in [0.05, 0.1) is 0 Å². The summed E-state index contributed by atoms with van der Waals surface area (Å²) in [6.45, 7) is 4.26. The highest BCUT2D eigenvalue weighted by atomic mass is 35.5. The van der Waals surface area contributed by atoms with Gasteiger partial charge in [-0.2, -0.15) is 0 Å². The second kappa shape index (κ2) is 5.56. The van der Waals surface area contributed by atoms with Crippen LogP contribution in [0, 0.1) is 13.8 Å². The van der Waals surface area contributed by atoms with Crippen LogP contribution in [0.15, 0.2) is 41.4 Å². The van der Waals surface area contributed by atoms with Gasteiger partial charge in [0.25, 0.3) is 0 Å². The largest absolute Gasteiger partial charge is 0.244 e. The van der Waals surface area contributed by atoms with E-state index in [0.29, 0.717) is 5.15 Å². The monoisotopic (exact) mass is 263 g/mol. The molecule has 1 aromatic heterocycles. The van der Waals surface area contributed by atoms with Crippen molar-refractivity contribution in [2.24, 2.45) is 0 Å². The van der Waals surface area contributed by atoms with Crippen molar-refractivity contribution in [1.29, 1.82) is 0 Å². The standard InChI is InChI=1S/C14H14ClNS/c1-10-5-6-13(8-11(10)2)17-9-12-4-3-7-16-14(12)15/h3-8H,9H2,1-2H3. The average molecular weight is 264 g/mol. The average Bonchev–Trinajstić information content (AvgIpc) is 2.32. The second-order valence-corrected chi connectivity index (χ2v) is 5.39. The number of halogens is 1. The molecule has 0 saturated carbocycles. The van der Waals surface area contributed by atoms with Gasteiger partial charge in [-0.25, -0.2) is 4.98 Å². The van der Waals surface area contributed by atoms with E-state index in [2.05, 4.69) is 37.0 Å². The van der Waals surface area contributed by atoms with E-state index in [1.807, 2.05) is 12.1 Å². The van der Waals surface area contributed by atoms with Crippen LogP contribution in [0.25, 0.3) is 0 Å². The van der Waals surface area contributed by atoms with Crippen LogP contribution in [-0.2, 0) is 5.75 Å². The second-order valence-electron chi connectivity index (χ2n) is 3.99. The van der Waals surface area contributed by atoms with Crippen LogP contribution in [0.5, 0.6) is 0 Å². The van der Waals surface area contributed by atoms with Crippen molar-refractivity contribution < 1.29 is 0 Å². The molecule has 1 heterocycles. The summed E-state index contributed by atoms with van der Waals surface area (Å²) in [7, 11) is 0. The fraction of sp³-hybridized carbons (Fsp3) is 0.214. The maximum absolute atomic E-state index is 6.02. The smallest absolute Gasteiger partial charge is 0.133 e. The van der Waals surface area contributed by atoms with Crippen molar-refractivity contribution in [3.8, 4) is 0 Å². The number of hydrogen-bond acceptors (Lipinski definition) is 2. The van der Waals surface area contributed by atoms with Crippen molar-refractivity contribution in [2.75, 3.05) is 0 Å². The van der Waals surface area contributed by atoms with Gasteiger partial charge in [0, 0.05) is 16.8 Å². The van der Waals surface area contributed by atoms with Gasteiger partial charge in [0.15, 0.2) is 0 Å². The molecule has 2 rings (SSSR count). The summed E-state index contributed by atoms with van der Waals surface area (Å²) in [5.41, 5.74) is 3.73. The maximum atomic E-state index is 6.02. The minimum Gasteiger partial charge on any atom is -0.244 e. The van der Waals surface area contributed by atoms with Crippen LogP contribution in [-0.4, -0.2) is 4.98 Å². The predicted molar refractivity (Wildman–Crippen MR) is 74.7 cm³/mol. The highest BCUT2D eigenvalue weighted by molar-refractivity contribution is 7.98. The Labute approximate surface area is 111 Å². The number of benzene rings is 1. The van der Waals surface area contributed by atoms with Gasteiger partial charge in [-0.15, -0.1) is 11.8 Å². The Balaban J connectivity index is 2.08. The number of hydrogen-bond donors (Lipinski definition) is 0. The molecule has 17 heavy (non-hydrogen) atoms. The molecule has 0 radical (unpaired) electrons. The van der Waals surface area contributed by atoms with Gasteiger partial charge in [-0.3, -0.25) is 0 Å². The van der Waals surface area contributed by atoms with Gasteiger partial charge in [-0.05, 0) is 48.7 Å². The molecule has 0 amide bonds. The van der Waals surface area contributed by atoms with Crippen molar-refractivity contribution in [1.82, 2.24) is 4.98 Å². The molecule has 1 nitrogen and oxygen atoms in total. The summed E-state index contributed by atoms with van der Waals surface area (Å²) in [6.07, 6.45) is 1.71. The molecule has 0 aliphatic carbocycles. The molecule has 88 valence electrons. The normalized spacial score (nSPS) is 10.5. The van der Waals surface area contributed by atoms with E-state index >= 15 is 0 Å². The number of aryl methyl sites for hydroxylation is 2. The van der Waals surface area contributed by atoms with Crippen molar-refractivity contribution in [3.63, 3.8) is 0 Å². The Hall–Kier alpha value is -0.990. The minimum absolute atomic E-state index is 0.601. The third kappa shape index (κ3) is 3.24. The van der Waals surface area contributed by atoms with E-state index in [-0.39, 0.29) is 0 Å². The summed E-state index contributed by atoms with van der Waals surface area (Å²) < 4.78 is 0. The Morgan fingerprint density at radius 3 is 2.71 bits per heavy atom. The van der Waals surface area contributed by atoms with Gasteiger partial charge in [0.2, 0.25) is 0 Å². The predicted octanol–water partition coefficient (Wildman–Crippen LogP) is 4.64. The van der Waals surface area contributed by atoms with Crippen LogP contribution < -0.4 is 0 Å². The first-order valence-electron chi connectivity index (χ1n) is 5.46. The fourth-order valence-corrected chi connectivity index (χ4v) is 2.74. The van der Waals surface area contributed by atoms with E-state index in [0.717, 1.165) is 11.3 Å². The number of aromatic nitrogens is 1. The van der Waals surface area contributed by atoms with Gasteiger partial charge in [0.1, 0.15) is 5.15 Å². The van der Waals surface area contributed by atoms with E-state index in [1.165, 1.54) is 16.0 Å². The minimum atomic E-state index is 0.601. The third-order valence-electron chi connectivity index (χ3n) is 2.71. The third-order valence-corrected chi connectivity index (χ3v) is 4.09. The van der Waals surface area contributed by atoms with Crippen molar-refractivity contribution in [3.05, 3.63) is 58.4 Å². The fourth-order valence-electron chi connectivity index (χ4n) is 1.49. The molecule has 0 atom stereocenters. The van der Waals surface area contributed by atoms with E-state index in [1.54, 1.807) is 18.0 Å². The molecule has 0 unspecified atom stereocenters. The van der Waals surface area contributed by atoms with Crippen LogP contribution in [0.3, 0.4) is 0 Å². The lowest BCUT2D eigenvalue weighted by atomic mass is 10.1. The van der Waals surface area contributed by atoms with Crippen LogP contribution >= 0.6 is 23.4 Å². The number of nitrogens with zero attached hydrogens (tertiary/aromatic N) is 1. The summed E-state index contributed by atoms with van der Waals surface area (Å²) in [5.74, 6) is 0.856. The van der Waals surface area contributed by atoms with E-state index < -0.39 is 0 Å². The molecule has 2 aromatic rings. The van der Waals surface area contributed by atoms with Crippen LogP contribution in [0.1, 0.15) is 16.7 Å². The highest BCUT2D eigenvalue weighted by Crippen LogP contribution is 2.26. The molecular weight excluding hydrogens is 250 g/mol. The first kappa shape index (κ1) is 12.5. The Bertz CT molecular complexity index is 525. The lowest BCUT2D eigenvalue weighted by Crippen LogP contribution is -1.86. The maximum Gasteiger partial charge on any atom is 0.133 e. The van der Waals surface area contributed by atoms with Gasteiger partial charge >= 0.3 is 0 Å². The van der Waals surface area contributed by atoms with E-state index in [9.17, 15) is 0 Å². The number of thioether (sulfide) groups is 1. The first-order valence-corrected chi connectivity index (χ1v) is 6.82. The van der Waals surface area contributed by atoms with Crippen LogP contribution in [0.2, 0.25) is 5.15 Å². The lowest BCUT2D eigenvalue weighted by Gasteiger charge is -2.06. The molecule has 0 N–H and O–H groups in total. The molecule has 0 spiro atoms. The van der Waals surface area contributed by atoms with Gasteiger partial charge in [-0.1, -0.05) is 23.7 Å². The molecule has 3 heteroatoms. The zero-order valence-corrected chi connectivity index (χ0v) is 11.5. The first-order chi connectivity index (χ1) is 8.16. The molecule has 0 fully saturated rings. The molecule has 0 aliphatic heterocycles. The van der Waals surface area contributed by atoms with Crippen molar-refractivity contribution >= 4 is 23.4 Å². The molecule has 0 saturated heterocycles. The summed E-state index contributed by atoms with van der Waals surface area (Å²) >= 11 is 7.81. The highest BCUT2D eigenvalue weighted by Gasteiger charge is 2.02. The summed E-state index contributed by atoms with van der Waals surface area (Å²) in [4.78, 5) is 5.35. The number of rotatable bonds is 3. The van der Waals surface area contributed by atoms with E-state index in [4.69, 9.17) is 11.6 Å². The Morgan fingerprint density at radius 2 is 2.00 bits per heavy atom. The Kier molecular flexibility index (Phi) is 4.08. The van der Waals surface area contributed by atoms with Crippen LogP contribution in [0.4, 0.5) is 0 Å².